The van der Waals surface area contributed by atoms with E-state index in [4.69, 9.17) is 0 Å². The lowest BCUT2D eigenvalue weighted by Crippen LogP contribution is -2.31. The van der Waals surface area contributed by atoms with Gasteiger partial charge in [-0.3, -0.25) is 4.79 Å². The summed E-state index contributed by atoms with van der Waals surface area (Å²) in [5.41, 5.74) is 0.160. The van der Waals surface area contributed by atoms with Crippen LogP contribution in [0.4, 0.5) is 10.1 Å². The van der Waals surface area contributed by atoms with Crippen molar-refractivity contribution in [3.8, 4) is 5.75 Å². The number of aromatic hydroxyl groups is 1. The van der Waals surface area contributed by atoms with Gasteiger partial charge in [-0.05, 0) is 56.6 Å². The molecule has 3 rings (SSSR count). The van der Waals surface area contributed by atoms with Gasteiger partial charge in [0.2, 0.25) is 0 Å². The van der Waals surface area contributed by atoms with Crippen molar-refractivity contribution in [2.24, 2.45) is 0 Å². The molecule has 1 aromatic carbocycles. The summed E-state index contributed by atoms with van der Waals surface area (Å²) in [6, 6.07) is 2.65. The number of hydrogen-bond acceptors (Lipinski definition) is 5. The fourth-order valence-electron chi connectivity index (χ4n) is 3.08. The van der Waals surface area contributed by atoms with Gasteiger partial charge < -0.3 is 10.0 Å². The van der Waals surface area contributed by atoms with Crippen molar-refractivity contribution >= 4 is 21.8 Å². The molecule has 2 fully saturated rings. The number of carbonyl (C=O) groups excluding carboxylic acids is 1. The molecule has 2 saturated heterocycles. The van der Waals surface area contributed by atoms with E-state index in [1.54, 1.807) is 4.72 Å². The van der Waals surface area contributed by atoms with Crippen LogP contribution in [0.3, 0.4) is 0 Å². The third-order valence-corrected chi connectivity index (χ3v) is 5.70. The fraction of sp³-hybridized carbons (Fsp3) is 0.500. The van der Waals surface area contributed by atoms with E-state index in [1.807, 2.05) is 7.05 Å². The molecule has 2 N–H and O–H groups in total. The minimum atomic E-state index is -4.15. The Morgan fingerprint density at radius 3 is 2.48 bits per heavy atom. The average molecular weight is 343 g/mol. The van der Waals surface area contributed by atoms with Gasteiger partial charge in [0.1, 0.15) is 18.0 Å². The topological polar surface area (TPSA) is 89.9 Å². The molecule has 0 radical (unpaired) electrons. The lowest BCUT2D eigenvalue weighted by molar-refractivity contribution is -0.117. The second kappa shape index (κ2) is 5.64. The SMILES string of the molecule is CN1CCC(c2cc(O)c(N3CC(=O)NS3(=O)=O)c(F)c2)CC1. The van der Waals surface area contributed by atoms with E-state index >= 15 is 0 Å². The molecule has 1 amide bonds. The van der Waals surface area contributed by atoms with Crippen molar-refractivity contribution in [1.29, 1.82) is 0 Å². The highest BCUT2D eigenvalue weighted by molar-refractivity contribution is 7.92. The Balaban J connectivity index is 1.94. The summed E-state index contributed by atoms with van der Waals surface area (Å²) in [7, 11) is -2.14. The maximum atomic E-state index is 14.4. The average Bonchev–Trinajstić information content (AvgIpc) is 2.71. The van der Waals surface area contributed by atoms with Gasteiger partial charge in [-0.1, -0.05) is 0 Å². The number of benzene rings is 1. The van der Waals surface area contributed by atoms with Gasteiger partial charge >= 0.3 is 10.2 Å². The van der Waals surface area contributed by atoms with E-state index in [-0.39, 0.29) is 5.92 Å². The minimum Gasteiger partial charge on any atom is -0.506 e. The Morgan fingerprint density at radius 2 is 1.96 bits per heavy atom. The number of piperidine rings is 1. The summed E-state index contributed by atoms with van der Waals surface area (Å²) in [6.45, 7) is 1.22. The van der Waals surface area contributed by atoms with Crippen molar-refractivity contribution in [1.82, 2.24) is 9.62 Å². The molecule has 1 aromatic rings. The Kier molecular flexibility index (Phi) is 3.93. The van der Waals surface area contributed by atoms with Crippen LogP contribution in [-0.2, 0) is 15.0 Å². The highest BCUT2D eigenvalue weighted by atomic mass is 32.2. The Hall–Kier alpha value is -1.87. The highest BCUT2D eigenvalue weighted by Crippen LogP contribution is 2.38. The second-order valence-corrected chi connectivity index (χ2v) is 7.58. The lowest BCUT2D eigenvalue weighted by atomic mass is 9.89. The van der Waals surface area contributed by atoms with Crippen molar-refractivity contribution < 1.29 is 22.7 Å². The molecular weight excluding hydrogens is 325 g/mol. The third-order valence-electron chi connectivity index (χ3n) is 4.33. The summed E-state index contributed by atoms with van der Waals surface area (Å²) in [5.74, 6) is -1.96. The highest BCUT2D eigenvalue weighted by Gasteiger charge is 2.37. The number of nitrogens with one attached hydrogen (secondary N) is 1. The number of amides is 1. The molecule has 0 aromatic heterocycles. The zero-order valence-electron chi connectivity index (χ0n) is 12.6. The molecule has 23 heavy (non-hydrogen) atoms. The molecule has 0 atom stereocenters. The number of anilines is 1. The number of rotatable bonds is 2. The Morgan fingerprint density at radius 1 is 1.30 bits per heavy atom. The van der Waals surface area contributed by atoms with Crippen LogP contribution in [0.1, 0.15) is 24.3 Å². The fourth-order valence-corrected chi connectivity index (χ4v) is 4.25. The first kappa shape index (κ1) is 16.0. The van der Waals surface area contributed by atoms with E-state index in [1.165, 1.54) is 12.1 Å². The minimum absolute atomic E-state index is 0.121. The predicted octanol–water partition coefficient (Wildman–Crippen LogP) is 0.522. The monoisotopic (exact) mass is 343 g/mol. The maximum absolute atomic E-state index is 14.4. The molecule has 0 aliphatic carbocycles. The van der Waals surface area contributed by atoms with Gasteiger partial charge in [-0.25, -0.2) is 13.4 Å². The van der Waals surface area contributed by atoms with E-state index < -0.39 is 39.9 Å². The van der Waals surface area contributed by atoms with E-state index in [9.17, 15) is 22.7 Å². The van der Waals surface area contributed by atoms with Crippen LogP contribution in [0, 0.1) is 5.82 Å². The van der Waals surface area contributed by atoms with Crippen molar-refractivity contribution in [2.75, 3.05) is 31.0 Å². The number of hydrogen-bond donors (Lipinski definition) is 2. The molecule has 2 aliphatic rings. The van der Waals surface area contributed by atoms with Crippen LogP contribution >= 0.6 is 0 Å². The number of likely N-dealkylation sites (tertiary alicyclic amines) is 1. The van der Waals surface area contributed by atoms with Gasteiger partial charge in [-0.15, -0.1) is 0 Å². The van der Waals surface area contributed by atoms with Crippen LogP contribution in [0.25, 0.3) is 0 Å². The zero-order chi connectivity index (χ0) is 16.8. The first-order valence-corrected chi connectivity index (χ1v) is 8.76. The summed E-state index contributed by atoms with van der Waals surface area (Å²) < 4.78 is 40.4. The first-order valence-electron chi connectivity index (χ1n) is 7.32. The summed E-state index contributed by atoms with van der Waals surface area (Å²) in [4.78, 5) is 13.4. The zero-order valence-corrected chi connectivity index (χ0v) is 13.4. The van der Waals surface area contributed by atoms with Crippen LogP contribution in [-0.4, -0.2) is 51.0 Å². The van der Waals surface area contributed by atoms with Crippen molar-refractivity contribution in [3.05, 3.63) is 23.5 Å². The Labute approximate surface area is 133 Å². The second-order valence-electron chi connectivity index (χ2n) is 5.98. The van der Waals surface area contributed by atoms with Crippen LogP contribution < -0.4 is 9.03 Å². The van der Waals surface area contributed by atoms with Gasteiger partial charge in [-0.2, -0.15) is 8.42 Å². The molecular formula is C14H18FN3O4S. The van der Waals surface area contributed by atoms with Crippen LogP contribution in [0.15, 0.2) is 12.1 Å². The molecule has 126 valence electrons. The molecule has 7 nitrogen and oxygen atoms in total. The molecule has 0 spiro atoms. The number of carbonyl (C=O) groups is 1. The quantitative estimate of drug-likeness (QED) is 0.817. The molecule has 2 aliphatic heterocycles. The molecule has 0 bridgehead atoms. The maximum Gasteiger partial charge on any atom is 0.326 e. The number of phenolic OH excluding ortho intramolecular Hbond substituents is 1. The van der Waals surface area contributed by atoms with Gasteiger partial charge in [0.25, 0.3) is 5.91 Å². The summed E-state index contributed by atoms with van der Waals surface area (Å²) in [6.07, 6.45) is 1.69. The largest absolute Gasteiger partial charge is 0.506 e. The van der Waals surface area contributed by atoms with Crippen molar-refractivity contribution in [3.63, 3.8) is 0 Å². The summed E-state index contributed by atoms with van der Waals surface area (Å²) in [5, 5.41) is 10.1. The predicted molar refractivity (Wildman–Crippen MR) is 81.9 cm³/mol. The number of phenols is 1. The number of halogens is 1. The molecule has 0 saturated carbocycles. The van der Waals surface area contributed by atoms with Crippen LogP contribution in [0.2, 0.25) is 0 Å². The van der Waals surface area contributed by atoms with Gasteiger partial charge in [0, 0.05) is 0 Å². The molecule has 9 heteroatoms. The molecule has 2 heterocycles. The standard InChI is InChI=1S/C14H18FN3O4S/c1-17-4-2-9(3-5-17)10-6-11(15)14(12(19)7-10)18-8-13(20)16-23(18,21)22/h6-7,9,19H,2-5,8H2,1H3,(H,16,20). The normalized spacial score (nSPS) is 22.3. The lowest BCUT2D eigenvalue weighted by Gasteiger charge is -2.29. The first-order chi connectivity index (χ1) is 10.8. The van der Waals surface area contributed by atoms with E-state index in [2.05, 4.69) is 4.90 Å². The third kappa shape index (κ3) is 2.98. The Bertz CT molecular complexity index is 721. The van der Waals surface area contributed by atoms with E-state index in [0.29, 0.717) is 9.87 Å². The van der Waals surface area contributed by atoms with Gasteiger partial charge in [0.15, 0.2) is 5.82 Å². The number of nitrogens with zero attached hydrogens (tertiary/aromatic N) is 2. The smallest absolute Gasteiger partial charge is 0.326 e. The van der Waals surface area contributed by atoms with Crippen molar-refractivity contribution in [2.45, 2.75) is 18.8 Å². The summed E-state index contributed by atoms with van der Waals surface area (Å²) >= 11 is 0. The van der Waals surface area contributed by atoms with Crippen LogP contribution in [0.5, 0.6) is 5.75 Å². The van der Waals surface area contributed by atoms with E-state index in [0.717, 1.165) is 25.9 Å². The van der Waals surface area contributed by atoms with Gasteiger partial charge in [0.05, 0.1) is 0 Å². The molecule has 0 unspecified atom stereocenters.